The number of amides is 1. The van der Waals surface area contributed by atoms with Gasteiger partial charge in [0.15, 0.2) is 5.11 Å². The standard InChI is InChI=1S/C17H22N4O3S/c22-16(19-17(25)18-13-5-1-2-6-13)12-7-8-14(15(11-12)21(23)24)20-9-3-4-10-20/h7-8,11,13H,1-6,9-10H2,(H2,18,19,22,25). The lowest BCUT2D eigenvalue weighted by Gasteiger charge is -2.18. The van der Waals surface area contributed by atoms with E-state index >= 15 is 0 Å². The van der Waals surface area contributed by atoms with Crippen LogP contribution in [0.3, 0.4) is 0 Å². The van der Waals surface area contributed by atoms with Crippen LogP contribution in [0.5, 0.6) is 0 Å². The molecular formula is C17H22N4O3S. The highest BCUT2D eigenvalue weighted by molar-refractivity contribution is 7.80. The lowest BCUT2D eigenvalue weighted by molar-refractivity contribution is -0.384. The van der Waals surface area contributed by atoms with Crippen molar-refractivity contribution >= 4 is 34.6 Å². The average Bonchev–Trinajstić information content (AvgIpc) is 3.27. The topological polar surface area (TPSA) is 87.5 Å². The normalized spacial score (nSPS) is 17.5. The molecule has 8 heteroatoms. The van der Waals surface area contributed by atoms with Crippen molar-refractivity contribution < 1.29 is 9.72 Å². The van der Waals surface area contributed by atoms with E-state index in [9.17, 15) is 14.9 Å². The second-order valence-electron chi connectivity index (χ2n) is 6.56. The third kappa shape index (κ3) is 4.25. The van der Waals surface area contributed by atoms with E-state index in [0.717, 1.165) is 38.8 Å². The Balaban J connectivity index is 1.70. The first-order valence-corrected chi connectivity index (χ1v) is 9.10. The zero-order chi connectivity index (χ0) is 17.8. The number of hydrogen-bond donors (Lipinski definition) is 2. The molecule has 1 aliphatic heterocycles. The van der Waals surface area contributed by atoms with Gasteiger partial charge in [-0.05, 0) is 50.0 Å². The molecule has 0 radical (unpaired) electrons. The quantitative estimate of drug-likeness (QED) is 0.486. The molecule has 2 fully saturated rings. The van der Waals surface area contributed by atoms with Crippen molar-refractivity contribution in [3.63, 3.8) is 0 Å². The Morgan fingerprint density at radius 3 is 2.52 bits per heavy atom. The van der Waals surface area contributed by atoms with Crippen molar-refractivity contribution in [2.24, 2.45) is 0 Å². The first kappa shape index (κ1) is 17.6. The van der Waals surface area contributed by atoms with Crippen LogP contribution in [0.25, 0.3) is 0 Å². The Morgan fingerprint density at radius 1 is 1.20 bits per heavy atom. The van der Waals surface area contributed by atoms with E-state index in [2.05, 4.69) is 10.6 Å². The second-order valence-corrected chi connectivity index (χ2v) is 6.97. The van der Waals surface area contributed by atoms with Gasteiger partial charge in [-0.15, -0.1) is 0 Å². The van der Waals surface area contributed by atoms with Gasteiger partial charge in [-0.3, -0.25) is 20.2 Å². The minimum atomic E-state index is -0.431. The number of anilines is 1. The number of nitrogens with one attached hydrogen (secondary N) is 2. The van der Waals surface area contributed by atoms with Crippen LogP contribution in [0, 0.1) is 10.1 Å². The maximum Gasteiger partial charge on any atom is 0.293 e. The summed E-state index contributed by atoms with van der Waals surface area (Å²) >= 11 is 5.18. The molecule has 0 atom stereocenters. The Labute approximate surface area is 151 Å². The molecule has 0 bridgehead atoms. The first-order valence-electron chi connectivity index (χ1n) is 8.70. The predicted octanol–water partition coefficient (Wildman–Crippen LogP) is 2.74. The highest BCUT2D eigenvalue weighted by Gasteiger charge is 2.24. The summed E-state index contributed by atoms with van der Waals surface area (Å²) in [6.07, 6.45) is 6.48. The van der Waals surface area contributed by atoms with Gasteiger partial charge >= 0.3 is 0 Å². The number of carbonyl (C=O) groups is 1. The van der Waals surface area contributed by atoms with Gasteiger partial charge < -0.3 is 10.2 Å². The van der Waals surface area contributed by atoms with Gasteiger partial charge in [-0.1, -0.05) is 12.8 Å². The van der Waals surface area contributed by atoms with Gasteiger partial charge in [-0.25, -0.2) is 0 Å². The molecule has 1 saturated carbocycles. The third-order valence-corrected chi connectivity index (χ3v) is 5.02. The van der Waals surface area contributed by atoms with Crippen molar-refractivity contribution in [1.29, 1.82) is 0 Å². The third-order valence-electron chi connectivity index (χ3n) is 4.80. The maximum absolute atomic E-state index is 12.4. The van der Waals surface area contributed by atoms with E-state index in [1.165, 1.54) is 18.9 Å². The molecule has 2 aliphatic rings. The summed E-state index contributed by atoms with van der Waals surface area (Å²) < 4.78 is 0. The fraction of sp³-hybridized carbons (Fsp3) is 0.529. The summed E-state index contributed by atoms with van der Waals surface area (Å²) in [5, 5.41) is 17.4. The molecule has 1 aromatic rings. The predicted molar refractivity (Wildman–Crippen MR) is 100.0 cm³/mol. The van der Waals surface area contributed by atoms with Crippen LogP contribution >= 0.6 is 12.2 Å². The summed E-state index contributed by atoms with van der Waals surface area (Å²) in [7, 11) is 0. The van der Waals surface area contributed by atoms with Crippen LogP contribution in [0.2, 0.25) is 0 Å². The summed E-state index contributed by atoms with van der Waals surface area (Å²) in [6.45, 7) is 1.61. The fourth-order valence-electron chi connectivity index (χ4n) is 3.50. The van der Waals surface area contributed by atoms with E-state index in [0.29, 0.717) is 11.7 Å². The van der Waals surface area contributed by atoms with E-state index < -0.39 is 10.8 Å². The average molecular weight is 362 g/mol. The van der Waals surface area contributed by atoms with Gasteiger partial charge in [0.1, 0.15) is 5.69 Å². The molecule has 1 aromatic carbocycles. The Hall–Kier alpha value is -2.22. The first-order chi connectivity index (χ1) is 12.0. The molecule has 0 spiro atoms. The van der Waals surface area contributed by atoms with Crippen LogP contribution in [-0.2, 0) is 0 Å². The van der Waals surface area contributed by atoms with E-state index in [-0.39, 0.29) is 16.4 Å². The molecule has 7 nitrogen and oxygen atoms in total. The lowest BCUT2D eigenvalue weighted by atomic mass is 10.1. The van der Waals surface area contributed by atoms with Crippen molar-refractivity contribution in [3.8, 4) is 0 Å². The molecule has 3 rings (SSSR count). The van der Waals surface area contributed by atoms with Crippen LogP contribution in [0.4, 0.5) is 11.4 Å². The highest BCUT2D eigenvalue weighted by Crippen LogP contribution is 2.31. The highest BCUT2D eigenvalue weighted by atomic mass is 32.1. The number of nitrogens with zero attached hydrogens (tertiary/aromatic N) is 2. The Morgan fingerprint density at radius 2 is 1.88 bits per heavy atom. The molecule has 0 aromatic heterocycles. The molecule has 1 saturated heterocycles. The summed E-state index contributed by atoms with van der Waals surface area (Å²) in [5.41, 5.74) is 0.778. The van der Waals surface area contributed by atoms with E-state index in [4.69, 9.17) is 12.2 Å². The van der Waals surface area contributed by atoms with E-state index in [1.807, 2.05) is 4.90 Å². The van der Waals surface area contributed by atoms with Gasteiger partial charge in [0.2, 0.25) is 0 Å². The van der Waals surface area contributed by atoms with Crippen molar-refractivity contribution in [3.05, 3.63) is 33.9 Å². The zero-order valence-corrected chi connectivity index (χ0v) is 14.8. The fourth-order valence-corrected chi connectivity index (χ4v) is 3.76. The summed E-state index contributed by atoms with van der Waals surface area (Å²) in [4.78, 5) is 25.3. The van der Waals surface area contributed by atoms with Gasteiger partial charge in [0.25, 0.3) is 11.6 Å². The maximum atomic E-state index is 12.4. The molecular weight excluding hydrogens is 340 g/mol. The number of carbonyl (C=O) groups excluding carboxylic acids is 1. The largest absolute Gasteiger partial charge is 0.366 e. The van der Waals surface area contributed by atoms with Crippen LogP contribution in [0.15, 0.2) is 18.2 Å². The molecule has 1 aliphatic carbocycles. The molecule has 1 amide bonds. The molecule has 0 unspecified atom stereocenters. The number of benzene rings is 1. The van der Waals surface area contributed by atoms with Gasteiger partial charge in [-0.2, -0.15) is 0 Å². The molecule has 2 N–H and O–H groups in total. The lowest BCUT2D eigenvalue weighted by Crippen LogP contribution is -2.43. The Bertz CT molecular complexity index is 682. The molecule has 25 heavy (non-hydrogen) atoms. The monoisotopic (exact) mass is 362 g/mol. The SMILES string of the molecule is O=C(NC(=S)NC1CCCC1)c1ccc(N2CCCC2)c([N+](=O)[O-])c1. The number of hydrogen-bond acceptors (Lipinski definition) is 5. The number of thiocarbonyl (C=S) groups is 1. The molecule has 134 valence electrons. The minimum absolute atomic E-state index is 0.0378. The molecule has 1 heterocycles. The number of rotatable bonds is 4. The van der Waals surface area contributed by atoms with Gasteiger partial charge in [0.05, 0.1) is 4.92 Å². The Kier molecular flexibility index (Phi) is 5.47. The van der Waals surface area contributed by atoms with Crippen LogP contribution in [-0.4, -0.2) is 35.1 Å². The smallest absolute Gasteiger partial charge is 0.293 e. The minimum Gasteiger partial charge on any atom is -0.366 e. The van der Waals surface area contributed by atoms with Crippen molar-refractivity contribution in [1.82, 2.24) is 10.6 Å². The van der Waals surface area contributed by atoms with Crippen molar-refractivity contribution in [2.45, 2.75) is 44.6 Å². The zero-order valence-electron chi connectivity index (χ0n) is 14.0. The van der Waals surface area contributed by atoms with Crippen LogP contribution in [0.1, 0.15) is 48.9 Å². The van der Waals surface area contributed by atoms with Crippen molar-refractivity contribution in [2.75, 3.05) is 18.0 Å². The number of nitro groups is 1. The van der Waals surface area contributed by atoms with Gasteiger partial charge in [0, 0.05) is 30.8 Å². The van der Waals surface area contributed by atoms with E-state index in [1.54, 1.807) is 12.1 Å². The van der Waals surface area contributed by atoms with Crippen LogP contribution < -0.4 is 15.5 Å². The summed E-state index contributed by atoms with van der Waals surface area (Å²) in [6, 6.07) is 4.92. The number of nitro benzene ring substituents is 1. The summed E-state index contributed by atoms with van der Waals surface area (Å²) in [5.74, 6) is -0.424. The second kappa shape index (κ2) is 7.77.